The maximum Gasteiger partial charge on any atom is 0.338 e. The molecular formula is C20H18O6. The molecule has 0 heterocycles. The maximum atomic E-state index is 12.0. The predicted molar refractivity (Wildman–Crippen MR) is 93.4 cm³/mol. The first-order chi connectivity index (χ1) is 12.5. The first-order valence-electron chi connectivity index (χ1n) is 8.02. The van der Waals surface area contributed by atoms with Crippen LogP contribution in [0.4, 0.5) is 0 Å². The van der Waals surface area contributed by atoms with Gasteiger partial charge in [-0.2, -0.15) is 0 Å². The fraction of sp³-hybridized carbons (Fsp3) is 0.200. The van der Waals surface area contributed by atoms with Gasteiger partial charge < -0.3 is 9.47 Å². The van der Waals surface area contributed by atoms with Crippen molar-refractivity contribution < 1.29 is 28.7 Å². The number of esters is 2. The van der Waals surface area contributed by atoms with Gasteiger partial charge in [-0.25, -0.2) is 9.59 Å². The van der Waals surface area contributed by atoms with Crippen molar-refractivity contribution in [2.45, 2.75) is 19.4 Å². The monoisotopic (exact) mass is 354 g/mol. The Morgan fingerprint density at radius 3 is 1.77 bits per heavy atom. The molecule has 0 spiro atoms. The lowest BCUT2D eigenvalue weighted by molar-refractivity contribution is 0.0228. The lowest BCUT2D eigenvalue weighted by Gasteiger charge is -2.13. The lowest BCUT2D eigenvalue weighted by Crippen LogP contribution is -2.18. The zero-order valence-corrected chi connectivity index (χ0v) is 14.2. The highest BCUT2D eigenvalue weighted by atomic mass is 16.6. The molecule has 0 aliphatic heterocycles. The number of benzene rings is 2. The molecule has 0 amide bonds. The van der Waals surface area contributed by atoms with Crippen LogP contribution in [-0.2, 0) is 9.47 Å². The first-order valence-corrected chi connectivity index (χ1v) is 8.02. The molecule has 0 radical (unpaired) electrons. The van der Waals surface area contributed by atoms with E-state index in [-0.39, 0.29) is 6.61 Å². The summed E-state index contributed by atoms with van der Waals surface area (Å²) in [6, 6.07) is 12.2. The van der Waals surface area contributed by atoms with E-state index in [0.29, 0.717) is 41.2 Å². The van der Waals surface area contributed by atoms with Crippen molar-refractivity contribution in [2.75, 3.05) is 6.61 Å². The van der Waals surface area contributed by atoms with Crippen LogP contribution in [0.3, 0.4) is 0 Å². The summed E-state index contributed by atoms with van der Waals surface area (Å²) >= 11 is 0. The first kappa shape index (κ1) is 19.1. The van der Waals surface area contributed by atoms with Gasteiger partial charge in [-0.05, 0) is 31.2 Å². The Morgan fingerprint density at radius 2 is 1.31 bits per heavy atom. The Bertz CT molecular complexity index is 777. The Labute approximate surface area is 150 Å². The summed E-state index contributed by atoms with van der Waals surface area (Å²) < 4.78 is 10.4. The van der Waals surface area contributed by atoms with E-state index in [1.165, 1.54) is 48.5 Å². The van der Waals surface area contributed by atoms with Crippen molar-refractivity contribution in [1.82, 2.24) is 0 Å². The number of carbonyl (C=O) groups excluding carboxylic acids is 4. The molecule has 0 aromatic heterocycles. The van der Waals surface area contributed by atoms with Gasteiger partial charge in [0.25, 0.3) is 0 Å². The molecule has 0 saturated carbocycles. The molecule has 2 rings (SSSR count). The van der Waals surface area contributed by atoms with Gasteiger partial charge in [0.05, 0.1) is 17.7 Å². The largest absolute Gasteiger partial charge is 0.462 e. The second-order valence-electron chi connectivity index (χ2n) is 5.62. The molecule has 6 heteroatoms. The number of carbonyl (C=O) groups is 4. The highest BCUT2D eigenvalue weighted by molar-refractivity contribution is 5.91. The number of aldehydes is 2. The van der Waals surface area contributed by atoms with E-state index in [9.17, 15) is 19.2 Å². The maximum absolute atomic E-state index is 12.0. The Morgan fingerprint density at radius 1 is 0.846 bits per heavy atom. The number of hydrogen-bond acceptors (Lipinski definition) is 6. The Balaban J connectivity index is 1.77. The molecule has 0 aliphatic rings. The zero-order chi connectivity index (χ0) is 18.9. The molecule has 2 aromatic carbocycles. The highest BCUT2D eigenvalue weighted by Gasteiger charge is 2.13. The van der Waals surface area contributed by atoms with E-state index in [2.05, 4.69) is 0 Å². The Kier molecular flexibility index (Phi) is 6.79. The van der Waals surface area contributed by atoms with E-state index < -0.39 is 18.0 Å². The van der Waals surface area contributed by atoms with Crippen LogP contribution in [0.15, 0.2) is 48.5 Å². The normalized spacial score (nSPS) is 11.3. The molecule has 0 fully saturated rings. The zero-order valence-electron chi connectivity index (χ0n) is 14.2. The van der Waals surface area contributed by atoms with Gasteiger partial charge >= 0.3 is 11.9 Å². The average molecular weight is 354 g/mol. The average Bonchev–Trinajstić information content (AvgIpc) is 2.68. The second kappa shape index (κ2) is 9.27. The van der Waals surface area contributed by atoms with Crippen LogP contribution in [0, 0.1) is 0 Å². The number of ether oxygens (including phenoxy) is 2. The lowest BCUT2D eigenvalue weighted by atomic mass is 10.1. The molecule has 134 valence electrons. The summed E-state index contributed by atoms with van der Waals surface area (Å²) in [5, 5.41) is 0. The third-order valence-corrected chi connectivity index (χ3v) is 3.63. The van der Waals surface area contributed by atoms with Gasteiger partial charge in [-0.1, -0.05) is 24.3 Å². The van der Waals surface area contributed by atoms with Gasteiger partial charge in [0.2, 0.25) is 0 Å². The van der Waals surface area contributed by atoms with Crippen LogP contribution in [0.5, 0.6) is 0 Å². The van der Waals surface area contributed by atoms with Crippen molar-refractivity contribution in [3.63, 3.8) is 0 Å². The van der Waals surface area contributed by atoms with Gasteiger partial charge in [0.1, 0.15) is 18.7 Å². The minimum atomic E-state index is -0.509. The van der Waals surface area contributed by atoms with E-state index in [4.69, 9.17) is 9.47 Å². The van der Waals surface area contributed by atoms with Crippen LogP contribution in [0.2, 0.25) is 0 Å². The van der Waals surface area contributed by atoms with E-state index >= 15 is 0 Å². The summed E-state index contributed by atoms with van der Waals surface area (Å²) in [4.78, 5) is 45.1. The van der Waals surface area contributed by atoms with Crippen LogP contribution < -0.4 is 0 Å². The quantitative estimate of drug-likeness (QED) is 0.535. The SMILES string of the molecule is CC(CCOC(=O)c1ccc(C=O)cc1)OC(=O)c1ccc(C=O)cc1. The molecule has 6 nitrogen and oxygen atoms in total. The molecular weight excluding hydrogens is 336 g/mol. The summed E-state index contributed by atoms with van der Waals surface area (Å²) in [5.41, 5.74) is 1.64. The van der Waals surface area contributed by atoms with Crippen LogP contribution in [0.1, 0.15) is 54.8 Å². The Hall–Kier alpha value is -3.28. The van der Waals surface area contributed by atoms with Gasteiger partial charge in [-0.15, -0.1) is 0 Å². The minimum absolute atomic E-state index is 0.0901. The van der Waals surface area contributed by atoms with E-state index in [1.807, 2.05) is 0 Å². The molecule has 1 unspecified atom stereocenters. The molecule has 0 bridgehead atoms. The summed E-state index contributed by atoms with van der Waals surface area (Å²) in [5.74, 6) is -1.02. The van der Waals surface area contributed by atoms with Gasteiger partial charge in [0.15, 0.2) is 0 Å². The predicted octanol–water partition coefficient (Wildman–Crippen LogP) is 3.10. The standard InChI is InChI=1S/C20H18O6/c1-14(26-20(24)18-8-4-16(13-22)5-9-18)10-11-25-19(23)17-6-2-15(12-21)3-7-17/h2-9,12-14H,10-11H2,1H3. The second-order valence-corrected chi connectivity index (χ2v) is 5.62. The van der Waals surface area contributed by atoms with Crippen LogP contribution >= 0.6 is 0 Å². The van der Waals surface area contributed by atoms with Crippen LogP contribution in [-0.4, -0.2) is 37.2 Å². The number of rotatable bonds is 8. The molecule has 0 saturated heterocycles. The van der Waals surface area contributed by atoms with Crippen molar-refractivity contribution >= 4 is 24.5 Å². The van der Waals surface area contributed by atoms with Crippen molar-refractivity contribution in [2.24, 2.45) is 0 Å². The third-order valence-electron chi connectivity index (χ3n) is 3.63. The molecule has 1 atom stereocenters. The third kappa shape index (κ3) is 5.37. The fourth-order valence-corrected chi connectivity index (χ4v) is 2.11. The van der Waals surface area contributed by atoms with E-state index in [0.717, 1.165) is 0 Å². The summed E-state index contributed by atoms with van der Waals surface area (Å²) in [7, 11) is 0. The van der Waals surface area contributed by atoms with E-state index in [1.54, 1.807) is 6.92 Å². The number of hydrogen-bond donors (Lipinski definition) is 0. The van der Waals surface area contributed by atoms with Crippen molar-refractivity contribution in [3.05, 3.63) is 70.8 Å². The van der Waals surface area contributed by atoms with Crippen LogP contribution in [0.25, 0.3) is 0 Å². The summed E-state index contributed by atoms with van der Waals surface area (Å²) in [6.45, 7) is 1.79. The van der Waals surface area contributed by atoms with Crippen molar-refractivity contribution in [1.29, 1.82) is 0 Å². The highest BCUT2D eigenvalue weighted by Crippen LogP contribution is 2.09. The molecule has 0 N–H and O–H groups in total. The smallest absolute Gasteiger partial charge is 0.338 e. The topological polar surface area (TPSA) is 86.7 Å². The van der Waals surface area contributed by atoms with Gasteiger partial charge in [-0.3, -0.25) is 9.59 Å². The molecule has 26 heavy (non-hydrogen) atoms. The minimum Gasteiger partial charge on any atom is -0.462 e. The summed E-state index contributed by atoms with van der Waals surface area (Å²) in [6.07, 6.45) is 1.28. The van der Waals surface area contributed by atoms with Crippen molar-refractivity contribution in [3.8, 4) is 0 Å². The molecule has 0 aliphatic carbocycles. The fourth-order valence-electron chi connectivity index (χ4n) is 2.11. The van der Waals surface area contributed by atoms with Gasteiger partial charge in [0, 0.05) is 17.5 Å². The molecule has 2 aromatic rings.